The third-order valence-electron chi connectivity index (χ3n) is 3.75. The number of benzene rings is 1. The van der Waals surface area contributed by atoms with Crippen LogP contribution in [0.5, 0.6) is 0 Å². The first-order chi connectivity index (χ1) is 10.2. The first kappa shape index (κ1) is 14.8. The van der Waals surface area contributed by atoms with Crippen molar-refractivity contribution >= 4 is 45.6 Å². The number of carbonyl (C=O) groups excluding carboxylic acids is 1. The van der Waals surface area contributed by atoms with E-state index in [1.807, 2.05) is 29.5 Å². The van der Waals surface area contributed by atoms with Crippen LogP contribution < -0.4 is 5.32 Å². The second-order valence-corrected chi connectivity index (χ2v) is 8.09. The molecule has 1 aromatic carbocycles. The van der Waals surface area contributed by atoms with E-state index in [9.17, 15) is 4.79 Å². The number of para-hydroxylation sites is 1. The highest BCUT2D eigenvalue weighted by molar-refractivity contribution is 14.1. The monoisotopic (exact) mass is 413 g/mol. The molecule has 3 rings (SSSR count). The molecular weight excluding hydrogens is 397 g/mol. The SMILES string of the molecule is COC(=O)c1ccccc1NC1CCCc2sc(I)cc21. The molecule has 0 saturated heterocycles. The Kier molecular flexibility index (Phi) is 4.49. The molecule has 1 aliphatic rings. The zero-order valence-electron chi connectivity index (χ0n) is 11.7. The van der Waals surface area contributed by atoms with E-state index < -0.39 is 0 Å². The molecule has 1 aromatic heterocycles. The van der Waals surface area contributed by atoms with Crippen molar-refractivity contribution in [3.05, 3.63) is 49.2 Å². The number of hydrogen-bond donors (Lipinski definition) is 1. The van der Waals surface area contributed by atoms with Crippen LogP contribution in [-0.2, 0) is 11.2 Å². The van der Waals surface area contributed by atoms with Gasteiger partial charge in [0.25, 0.3) is 0 Å². The molecule has 1 unspecified atom stereocenters. The van der Waals surface area contributed by atoms with E-state index in [1.54, 1.807) is 6.07 Å². The van der Waals surface area contributed by atoms with Crippen molar-refractivity contribution in [3.63, 3.8) is 0 Å². The van der Waals surface area contributed by atoms with Gasteiger partial charge in [0.2, 0.25) is 0 Å². The van der Waals surface area contributed by atoms with Gasteiger partial charge in [-0.05, 0) is 65.6 Å². The van der Waals surface area contributed by atoms with E-state index in [2.05, 4.69) is 34.0 Å². The lowest BCUT2D eigenvalue weighted by atomic mass is 9.93. The molecule has 0 spiro atoms. The zero-order valence-corrected chi connectivity index (χ0v) is 14.7. The van der Waals surface area contributed by atoms with Gasteiger partial charge in [0.15, 0.2) is 0 Å². The highest BCUT2D eigenvalue weighted by atomic mass is 127. The van der Waals surface area contributed by atoms with Gasteiger partial charge in [-0.2, -0.15) is 0 Å². The van der Waals surface area contributed by atoms with Crippen molar-refractivity contribution in [2.24, 2.45) is 0 Å². The minimum Gasteiger partial charge on any atom is -0.465 e. The molecule has 21 heavy (non-hydrogen) atoms. The summed E-state index contributed by atoms with van der Waals surface area (Å²) in [7, 11) is 1.42. The van der Waals surface area contributed by atoms with Crippen molar-refractivity contribution < 1.29 is 9.53 Å². The maximum Gasteiger partial charge on any atom is 0.339 e. The number of halogens is 1. The molecule has 0 radical (unpaired) electrons. The summed E-state index contributed by atoms with van der Waals surface area (Å²) in [5.74, 6) is -0.297. The molecule has 0 bridgehead atoms. The van der Waals surface area contributed by atoms with E-state index in [1.165, 1.54) is 33.3 Å². The number of ether oxygens (including phenoxy) is 1. The van der Waals surface area contributed by atoms with Crippen LogP contribution in [0.3, 0.4) is 0 Å². The van der Waals surface area contributed by atoms with Crippen molar-refractivity contribution in [1.82, 2.24) is 0 Å². The van der Waals surface area contributed by atoms with Gasteiger partial charge in [-0.25, -0.2) is 4.79 Å². The lowest BCUT2D eigenvalue weighted by Gasteiger charge is -2.25. The summed E-state index contributed by atoms with van der Waals surface area (Å²) < 4.78 is 6.19. The van der Waals surface area contributed by atoms with Crippen LogP contribution in [0.1, 0.15) is 39.7 Å². The molecule has 5 heteroatoms. The topological polar surface area (TPSA) is 38.3 Å². The number of hydrogen-bond acceptors (Lipinski definition) is 4. The van der Waals surface area contributed by atoms with Crippen LogP contribution in [0.2, 0.25) is 0 Å². The summed E-state index contributed by atoms with van der Waals surface area (Å²) in [6.45, 7) is 0. The smallest absolute Gasteiger partial charge is 0.339 e. The largest absolute Gasteiger partial charge is 0.465 e. The Bertz CT molecular complexity index is 668. The maximum absolute atomic E-state index is 11.9. The van der Waals surface area contributed by atoms with Gasteiger partial charge in [0.05, 0.1) is 21.6 Å². The number of aryl methyl sites for hydroxylation is 1. The van der Waals surface area contributed by atoms with Crippen LogP contribution in [0, 0.1) is 2.88 Å². The molecule has 1 N–H and O–H groups in total. The summed E-state index contributed by atoms with van der Waals surface area (Å²) in [4.78, 5) is 13.3. The van der Waals surface area contributed by atoms with E-state index in [4.69, 9.17) is 4.74 Å². The van der Waals surface area contributed by atoms with E-state index in [0.717, 1.165) is 12.1 Å². The van der Waals surface area contributed by atoms with Crippen LogP contribution in [0.15, 0.2) is 30.3 Å². The van der Waals surface area contributed by atoms with Gasteiger partial charge in [-0.3, -0.25) is 0 Å². The van der Waals surface area contributed by atoms with E-state index in [-0.39, 0.29) is 12.0 Å². The number of carbonyl (C=O) groups is 1. The molecular formula is C16H16INO2S. The Hall–Kier alpha value is -1.08. The van der Waals surface area contributed by atoms with Crippen LogP contribution >= 0.6 is 33.9 Å². The quantitative estimate of drug-likeness (QED) is 0.589. The van der Waals surface area contributed by atoms with Gasteiger partial charge < -0.3 is 10.1 Å². The fourth-order valence-electron chi connectivity index (χ4n) is 2.76. The maximum atomic E-state index is 11.9. The predicted octanol–water partition coefficient (Wildman–Crippen LogP) is 4.63. The summed E-state index contributed by atoms with van der Waals surface area (Å²) in [6.07, 6.45) is 3.44. The zero-order chi connectivity index (χ0) is 14.8. The minimum atomic E-state index is -0.297. The van der Waals surface area contributed by atoms with E-state index >= 15 is 0 Å². The lowest BCUT2D eigenvalue weighted by molar-refractivity contribution is 0.0602. The molecule has 1 aliphatic carbocycles. The lowest BCUT2D eigenvalue weighted by Crippen LogP contribution is -2.17. The van der Waals surface area contributed by atoms with Gasteiger partial charge >= 0.3 is 5.97 Å². The fraction of sp³-hybridized carbons (Fsp3) is 0.312. The Morgan fingerprint density at radius 2 is 2.24 bits per heavy atom. The van der Waals surface area contributed by atoms with Gasteiger partial charge in [0, 0.05) is 10.6 Å². The van der Waals surface area contributed by atoms with Crippen LogP contribution in [0.25, 0.3) is 0 Å². The van der Waals surface area contributed by atoms with E-state index in [0.29, 0.717) is 5.56 Å². The minimum absolute atomic E-state index is 0.277. The normalized spacial score (nSPS) is 17.1. The fourth-order valence-corrected chi connectivity index (χ4v) is 4.88. The van der Waals surface area contributed by atoms with Gasteiger partial charge in [-0.1, -0.05) is 12.1 Å². The number of esters is 1. The third kappa shape index (κ3) is 3.08. The molecule has 1 atom stereocenters. The van der Waals surface area contributed by atoms with Crippen LogP contribution in [0.4, 0.5) is 5.69 Å². The summed E-state index contributed by atoms with van der Waals surface area (Å²) in [5.41, 5.74) is 2.83. The Morgan fingerprint density at radius 3 is 3.05 bits per heavy atom. The number of anilines is 1. The molecule has 0 saturated carbocycles. The molecule has 0 amide bonds. The predicted molar refractivity (Wildman–Crippen MR) is 94.1 cm³/mol. The van der Waals surface area contributed by atoms with Crippen molar-refractivity contribution in [3.8, 4) is 0 Å². The number of methoxy groups -OCH3 is 1. The first-order valence-electron chi connectivity index (χ1n) is 6.91. The summed E-state index contributed by atoms with van der Waals surface area (Å²) in [5, 5.41) is 3.54. The Morgan fingerprint density at radius 1 is 1.43 bits per heavy atom. The molecule has 1 heterocycles. The van der Waals surface area contributed by atoms with Crippen molar-refractivity contribution in [2.45, 2.75) is 25.3 Å². The molecule has 110 valence electrons. The standard InChI is InChI=1S/C16H16INO2S/c1-20-16(19)10-5-2-3-6-12(10)18-13-7-4-8-14-11(13)9-15(17)21-14/h2-3,5-6,9,13,18H,4,7-8H2,1H3. The Labute approximate surface area is 141 Å². The number of fused-ring (bicyclic) bond motifs is 1. The number of rotatable bonds is 3. The highest BCUT2D eigenvalue weighted by Crippen LogP contribution is 2.38. The Balaban J connectivity index is 1.90. The molecule has 2 aromatic rings. The molecule has 0 fully saturated rings. The summed E-state index contributed by atoms with van der Waals surface area (Å²) >= 11 is 4.26. The second kappa shape index (κ2) is 6.36. The number of nitrogens with one attached hydrogen (secondary N) is 1. The highest BCUT2D eigenvalue weighted by Gasteiger charge is 2.24. The average Bonchev–Trinajstić information content (AvgIpc) is 2.88. The third-order valence-corrected chi connectivity index (χ3v) is 5.72. The molecule has 3 nitrogen and oxygen atoms in total. The molecule has 0 aliphatic heterocycles. The average molecular weight is 413 g/mol. The van der Waals surface area contributed by atoms with Crippen molar-refractivity contribution in [2.75, 3.05) is 12.4 Å². The summed E-state index contributed by atoms with van der Waals surface area (Å²) in [6, 6.07) is 10.1. The van der Waals surface area contributed by atoms with Crippen LogP contribution in [-0.4, -0.2) is 13.1 Å². The van der Waals surface area contributed by atoms with Crippen molar-refractivity contribution in [1.29, 1.82) is 0 Å². The second-order valence-electron chi connectivity index (χ2n) is 5.06. The van der Waals surface area contributed by atoms with Gasteiger partial charge in [0.1, 0.15) is 0 Å². The van der Waals surface area contributed by atoms with Gasteiger partial charge in [-0.15, -0.1) is 11.3 Å². The first-order valence-corrected chi connectivity index (χ1v) is 8.80. The number of thiophene rings is 1.